The van der Waals surface area contributed by atoms with Crippen LogP contribution >= 0.6 is 0 Å². The Hall–Kier alpha value is -1.99. The molecule has 0 radical (unpaired) electrons. The summed E-state index contributed by atoms with van der Waals surface area (Å²) >= 11 is 0. The minimum atomic E-state index is -0.608. The van der Waals surface area contributed by atoms with Crippen LogP contribution in [0.2, 0.25) is 0 Å². The lowest BCUT2D eigenvalue weighted by atomic mass is 9.75. The molecule has 1 fully saturated rings. The van der Waals surface area contributed by atoms with Crippen LogP contribution in [0.25, 0.3) is 0 Å². The topological polar surface area (TPSA) is 115 Å². The highest BCUT2D eigenvalue weighted by atomic mass is 16.5. The maximum atomic E-state index is 11.9. The van der Waals surface area contributed by atoms with Crippen LogP contribution in [0.3, 0.4) is 0 Å². The van der Waals surface area contributed by atoms with Crippen molar-refractivity contribution in [1.29, 1.82) is 0 Å². The summed E-state index contributed by atoms with van der Waals surface area (Å²) in [6.45, 7) is -0.477. The molecular weight excluding hydrogens is 286 g/mol. The molecule has 120 valence electrons. The van der Waals surface area contributed by atoms with Gasteiger partial charge >= 0.3 is 0 Å². The maximum absolute atomic E-state index is 11.9. The number of nitrogens with zero attached hydrogens (tertiary/aromatic N) is 1. The Morgan fingerprint density at radius 2 is 2.05 bits per heavy atom. The second-order valence-corrected chi connectivity index (χ2v) is 5.58. The Morgan fingerprint density at radius 1 is 1.36 bits per heavy atom. The average Bonchev–Trinajstić information content (AvgIpc) is 2.44. The van der Waals surface area contributed by atoms with Crippen molar-refractivity contribution in [2.75, 3.05) is 13.2 Å². The summed E-state index contributed by atoms with van der Waals surface area (Å²) in [4.78, 5) is 26.4. The Balaban J connectivity index is 1.87. The summed E-state index contributed by atoms with van der Waals surface area (Å²) in [6.07, 6.45) is 5.16. The second-order valence-electron chi connectivity index (χ2n) is 5.58. The number of rotatable bonds is 8. The first kappa shape index (κ1) is 16.4. The zero-order valence-electron chi connectivity index (χ0n) is 12.3. The molecular formula is C15H21N3O4. The summed E-state index contributed by atoms with van der Waals surface area (Å²) < 4.78 is 4.91. The molecule has 0 spiro atoms. The maximum Gasteiger partial charge on any atom is 0.246 e. The lowest BCUT2D eigenvalue weighted by Crippen LogP contribution is -2.49. The average molecular weight is 307 g/mol. The van der Waals surface area contributed by atoms with Gasteiger partial charge in [-0.2, -0.15) is 0 Å². The van der Waals surface area contributed by atoms with Gasteiger partial charge < -0.3 is 20.9 Å². The third-order valence-electron chi connectivity index (χ3n) is 3.75. The van der Waals surface area contributed by atoms with Crippen molar-refractivity contribution >= 4 is 11.8 Å². The molecule has 1 aromatic heterocycles. The number of nitrogens with one attached hydrogen (secondary N) is 1. The van der Waals surface area contributed by atoms with E-state index < -0.39 is 5.91 Å². The van der Waals surface area contributed by atoms with E-state index in [-0.39, 0.29) is 37.2 Å². The van der Waals surface area contributed by atoms with Gasteiger partial charge in [0.15, 0.2) is 0 Å². The summed E-state index contributed by atoms with van der Waals surface area (Å²) in [6, 6.07) is 3.73. The molecule has 1 saturated carbocycles. The Kier molecular flexibility index (Phi) is 5.85. The van der Waals surface area contributed by atoms with E-state index >= 15 is 0 Å². The van der Waals surface area contributed by atoms with Crippen molar-refractivity contribution in [1.82, 2.24) is 10.3 Å². The first-order valence-electron chi connectivity index (χ1n) is 7.27. The number of hydrogen-bond acceptors (Lipinski definition) is 5. The number of nitrogens with two attached hydrogens (primary N) is 1. The fourth-order valence-corrected chi connectivity index (χ4v) is 2.56. The number of aromatic nitrogens is 1. The molecule has 0 aromatic carbocycles. The third kappa shape index (κ3) is 5.09. The predicted octanol–water partition coefficient (Wildman–Crippen LogP) is -0.618. The lowest BCUT2D eigenvalue weighted by Gasteiger charge is -2.38. The van der Waals surface area contributed by atoms with Crippen molar-refractivity contribution in [3.63, 3.8) is 0 Å². The van der Waals surface area contributed by atoms with E-state index in [1.165, 1.54) is 0 Å². The normalized spacial score (nSPS) is 21.7. The van der Waals surface area contributed by atoms with Crippen molar-refractivity contribution in [2.45, 2.75) is 31.4 Å². The van der Waals surface area contributed by atoms with Crippen molar-refractivity contribution < 1.29 is 19.4 Å². The van der Waals surface area contributed by atoms with Gasteiger partial charge in [0, 0.05) is 18.4 Å². The minimum absolute atomic E-state index is 0.0736. The number of carbonyl (C=O) groups is 2. The summed E-state index contributed by atoms with van der Waals surface area (Å²) in [5, 5.41) is 12.4. The highest BCUT2D eigenvalue weighted by Crippen LogP contribution is 2.31. The number of carbonyl (C=O) groups excluding carboxylic acids is 2. The monoisotopic (exact) mass is 307 g/mol. The summed E-state index contributed by atoms with van der Waals surface area (Å²) in [5.41, 5.74) is 6.02. The largest absolute Gasteiger partial charge is 0.393 e. The number of ether oxygens (including phenoxy) is 1. The van der Waals surface area contributed by atoms with Crippen LogP contribution < -0.4 is 11.1 Å². The van der Waals surface area contributed by atoms with Crippen LogP contribution in [0.15, 0.2) is 24.5 Å². The fourth-order valence-electron chi connectivity index (χ4n) is 2.56. The predicted molar refractivity (Wildman–Crippen MR) is 78.6 cm³/mol. The van der Waals surface area contributed by atoms with Crippen LogP contribution in [0.5, 0.6) is 0 Å². The molecule has 1 aromatic rings. The second kappa shape index (κ2) is 7.86. The number of aliphatic hydroxyl groups is 1. The van der Waals surface area contributed by atoms with Crippen LogP contribution in [-0.2, 0) is 20.7 Å². The Labute approximate surface area is 128 Å². The van der Waals surface area contributed by atoms with E-state index in [1.807, 2.05) is 12.1 Å². The number of hydrogen-bond donors (Lipinski definition) is 3. The quantitative estimate of drug-likeness (QED) is 0.592. The van der Waals surface area contributed by atoms with Gasteiger partial charge in [-0.25, -0.2) is 0 Å². The van der Waals surface area contributed by atoms with E-state index in [1.54, 1.807) is 12.4 Å². The molecule has 4 N–H and O–H groups in total. The number of primary amides is 1. The zero-order valence-corrected chi connectivity index (χ0v) is 12.3. The smallest absolute Gasteiger partial charge is 0.246 e. The summed E-state index contributed by atoms with van der Waals surface area (Å²) in [7, 11) is 0. The van der Waals surface area contributed by atoms with Crippen LogP contribution in [0, 0.1) is 5.92 Å². The molecule has 7 heteroatoms. The Morgan fingerprint density at radius 3 is 2.64 bits per heavy atom. The fraction of sp³-hybridized carbons (Fsp3) is 0.533. The van der Waals surface area contributed by atoms with Gasteiger partial charge in [-0.3, -0.25) is 14.6 Å². The van der Waals surface area contributed by atoms with Gasteiger partial charge in [-0.15, -0.1) is 0 Å². The Bertz CT molecular complexity index is 503. The van der Waals surface area contributed by atoms with Crippen LogP contribution in [0.4, 0.5) is 0 Å². The minimum Gasteiger partial charge on any atom is -0.393 e. The highest BCUT2D eigenvalue weighted by Gasteiger charge is 2.34. The molecule has 1 atom stereocenters. The summed E-state index contributed by atoms with van der Waals surface area (Å²) in [5.74, 6) is -0.659. The van der Waals surface area contributed by atoms with Gasteiger partial charge in [-0.05, 0) is 42.9 Å². The van der Waals surface area contributed by atoms with E-state index in [4.69, 9.17) is 10.5 Å². The molecule has 2 rings (SSSR count). The molecule has 1 aliphatic rings. The van der Waals surface area contributed by atoms with Crippen molar-refractivity contribution in [2.24, 2.45) is 11.7 Å². The van der Waals surface area contributed by atoms with Crippen LogP contribution in [0.1, 0.15) is 18.4 Å². The third-order valence-corrected chi connectivity index (χ3v) is 3.75. The first-order valence-corrected chi connectivity index (χ1v) is 7.27. The first-order chi connectivity index (χ1) is 10.5. The van der Waals surface area contributed by atoms with Crippen molar-refractivity contribution in [3.05, 3.63) is 30.1 Å². The molecule has 7 nitrogen and oxygen atoms in total. The number of amides is 2. The standard InChI is InChI=1S/C15H21N3O4/c16-14(20)8-22-9-15(21)18-13(11-6-12(19)7-11)5-10-1-3-17-4-2-10/h1-4,11-13,19H,5-9H2,(H2,16,20)(H,18,21). The van der Waals surface area contributed by atoms with E-state index in [9.17, 15) is 14.7 Å². The molecule has 1 heterocycles. The van der Waals surface area contributed by atoms with Gasteiger partial charge in [0.2, 0.25) is 11.8 Å². The molecule has 0 saturated heterocycles. The molecule has 1 unspecified atom stereocenters. The van der Waals surface area contributed by atoms with Crippen LogP contribution in [-0.4, -0.2) is 47.3 Å². The molecule has 1 aliphatic carbocycles. The molecule has 22 heavy (non-hydrogen) atoms. The van der Waals surface area contributed by atoms with Crippen molar-refractivity contribution in [3.8, 4) is 0 Å². The van der Waals surface area contributed by atoms with E-state index in [2.05, 4.69) is 10.3 Å². The van der Waals surface area contributed by atoms with Gasteiger partial charge in [-0.1, -0.05) is 0 Å². The zero-order chi connectivity index (χ0) is 15.9. The molecule has 0 aliphatic heterocycles. The van der Waals surface area contributed by atoms with E-state index in [0.29, 0.717) is 19.3 Å². The number of aliphatic hydroxyl groups excluding tert-OH is 1. The van der Waals surface area contributed by atoms with E-state index in [0.717, 1.165) is 5.56 Å². The highest BCUT2D eigenvalue weighted by molar-refractivity contribution is 5.79. The lowest BCUT2D eigenvalue weighted by molar-refractivity contribution is -0.130. The number of pyridine rings is 1. The molecule has 2 amide bonds. The SMILES string of the molecule is NC(=O)COCC(=O)NC(Cc1ccncc1)C1CC(O)C1. The van der Waals surface area contributed by atoms with Gasteiger partial charge in [0.05, 0.1) is 6.10 Å². The molecule has 0 bridgehead atoms. The van der Waals surface area contributed by atoms with Gasteiger partial charge in [0.25, 0.3) is 0 Å². The van der Waals surface area contributed by atoms with Gasteiger partial charge in [0.1, 0.15) is 13.2 Å².